The summed E-state index contributed by atoms with van der Waals surface area (Å²) in [6.07, 6.45) is 0.0348. The number of carbonyl (C=O) groups excluding carboxylic acids is 2. The molecule has 2 N–H and O–H groups in total. The van der Waals surface area contributed by atoms with Crippen LogP contribution >= 0.6 is 63.7 Å². The molecule has 0 amide bonds. The van der Waals surface area contributed by atoms with E-state index in [1.807, 2.05) is 12.1 Å². The molecule has 212 valence electrons. The third-order valence-electron chi connectivity index (χ3n) is 5.46. The Morgan fingerprint density at radius 2 is 1.23 bits per heavy atom. The molecule has 0 radical (unpaired) electrons. The van der Waals surface area contributed by atoms with E-state index in [4.69, 9.17) is 18.9 Å². The topological polar surface area (TPSA) is 112 Å². The molecule has 2 rings (SSSR count). The minimum Gasteiger partial charge on any atom is -0.491 e. The van der Waals surface area contributed by atoms with Gasteiger partial charge in [0.05, 0.1) is 8.95 Å². The molecule has 0 aliphatic heterocycles. The first kappa shape index (κ1) is 33.5. The van der Waals surface area contributed by atoms with Gasteiger partial charge in [0, 0.05) is 26.5 Å². The number of halogens is 4. The van der Waals surface area contributed by atoms with E-state index >= 15 is 0 Å². The van der Waals surface area contributed by atoms with Gasteiger partial charge in [-0.2, -0.15) is 0 Å². The number of hydrogen-bond donors (Lipinski definition) is 2. The van der Waals surface area contributed by atoms with Crippen LogP contribution in [-0.2, 0) is 24.5 Å². The van der Waals surface area contributed by atoms with Crippen LogP contribution in [0.15, 0.2) is 67.5 Å². The zero-order chi connectivity index (χ0) is 29.3. The van der Waals surface area contributed by atoms with Crippen molar-refractivity contribution >= 4 is 75.7 Å². The third-order valence-corrected chi connectivity index (χ3v) is 9.62. The van der Waals surface area contributed by atoms with Crippen molar-refractivity contribution in [2.24, 2.45) is 0 Å². The number of carbonyl (C=O) groups is 2. The lowest BCUT2D eigenvalue weighted by Gasteiger charge is -2.30. The number of benzene rings is 2. The molecule has 0 saturated heterocycles. The highest BCUT2D eigenvalue weighted by molar-refractivity contribution is 9.14. The summed E-state index contributed by atoms with van der Waals surface area (Å²) < 4.78 is 23.8. The van der Waals surface area contributed by atoms with Crippen LogP contribution in [0.1, 0.15) is 25.0 Å². The molecule has 0 fully saturated rings. The quantitative estimate of drug-likeness (QED) is 0.136. The Morgan fingerprint density at radius 1 is 0.795 bits per heavy atom. The van der Waals surface area contributed by atoms with Gasteiger partial charge in [-0.05, 0) is 87.0 Å². The second-order valence-electron chi connectivity index (χ2n) is 8.71. The number of hydrogen-bond acceptors (Lipinski definition) is 8. The first-order chi connectivity index (χ1) is 18.3. The number of aliphatic hydroxyl groups is 2. The minimum absolute atomic E-state index is 0.0446. The average Bonchev–Trinajstić information content (AvgIpc) is 2.92. The van der Waals surface area contributed by atoms with Crippen molar-refractivity contribution < 1.29 is 38.7 Å². The van der Waals surface area contributed by atoms with Gasteiger partial charge in [-0.3, -0.25) is 0 Å². The molecule has 0 aliphatic rings. The zero-order valence-electron chi connectivity index (χ0n) is 21.2. The molecular formula is C27H28Br4O8. The Bertz CT molecular complexity index is 1170. The normalized spacial score (nSPS) is 12.7. The maximum absolute atomic E-state index is 11.2. The van der Waals surface area contributed by atoms with Crippen LogP contribution in [0.4, 0.5) is 0 Å². The molecule has 0 bridgehead atoms. The predicted octanol–water partition coefficient (Wildman–Crippen LogP) is 6.00. The Labute approximate surface area is 260 Å². The fraction of sp³-hybridized carbons (Fsp3) is 0.333. The van der Waals surface area contributed by atoms with Crippen molar-refractivity contribution in [1.29, 1.82) is 0 Å². The standard InChI is InChI=1S/C27H28Br4O8/c1-5-19(34)37-12-16(32)11-36-18-9-7-15(8-10-18)27(3,4)21-22(28)24(30)26(25(31)23(21)29)39-14-17(33)13-38-20(35)6-2/h5-10,16-17,32-33H,1-2,11-14H2,3-4H3. The van der Waals surface area contributed by atoms with Crippen molar-refractivity contribution in [2.75, 3.05) is 26.4 Å². The van der Waals surface area contributed by atoms with E-state index in [9.17, 15) is 19.8 Å². The number of aliphatic hydroxyl groups excluding tert-OH is 2. The van der Waals surface area contributed by atoms with Crippen LogP contribution in [-0.4, -0.2) is 60.8 Å². The van der Waals surface area contributed by atoms with Gasteiger partial charge in [0.2, 0.25) is 0 Å². The van der Waals surface area contributed by atoms with Gasteiger partial charge in [-0.1, -0.05) is 39.1 Å². The summed E-state index contributed by atoms with van der Waals surface area (Å²) in [4.78, 5) is 22.3. The number of ether oxygens (including phenoxy) is 4. The van der Waals surface area contributed by atoms with Crippen molar-refractivity contribution in [2.45, 2.75) is 31.5 Å². The van der Waals surface area contributed by atoms with E-state index in [0.717, 1.165) is 32.2 Å². The third kappa shape index (κ3) is 9.15. The van der Waals surface area contributed by atoms with E-state index < -0.39 is 29.6 Å². The molecule has 0 aliphatic carbocycles. The number of esters is 2. The monoisotopic (exact) mass is 796 g/mol. The fourth-order valence-corrected chi connectivity index (χ4v) is 6.64. The number of rotatable bonds is 14. The molecular weight excluding hydrogens is 772 g/mol. The van der Waals surface area contributed by atoms with E-state index in [1.54, 1.807) is 12.1 Å². The Balaban J connectivity index is 2.18. The summed E-state index contributed by atoms with van der Waals surface area (Å²) in [5.74, 6) is -0.245. The van der Waals surface area contributed by atoms with Crippen LogP contribution in [0.3, 0.4) is 0 Å². The van der Waals surface area contributed by atoms with Crippen LogP contribution < -0.4 is 9.47 Å². The molecule has 0 heterocycles. The maximum atomic E-state index is 11.2. The molecule has 2 aromatic rings. The maximum Gasteiger partial charge on any atom is 0.330 e. The molecule has 2 unspecified atom stereocenters. The molecule has 0 spiro atoms. The highest BCUT2D eigenvalue weighted by Gasteiger charge is 2.32. The molecule has 8 nitrogen and oxygen atoms in total. The molecule has 39 heavy (non-hydrogen) atoms. The van der Waals surface area contributed by atoms with Gasteiger partial charge >= 0.3 is 11.9 Å². The van der Waals surface area contributed by atoms with Gasteiger partial charge in [0.15, 0.2) is 0 Å². The van der Waals surface area contributed by atoms with Crippen molar-refractivity contribution in [3.63, 3.8) is 0 Å². The second kappa shape index (κ2) is 15.3. The molecule has 2 atom stereocenters. The minimum atomic E-state index is -1.04. The first-order valence-corrected chi connectivity index (χ1v) is 14.7. The van der Waals surface area contributed by atoms with E-state index in [1.165, 1.54) is 0 Å². The Morgan fingerprint density at radius 3 is 1.67 bits per heavy atom. The lowest BCUT2D eigenvalue weighted by Crippen LogP contribution is -2.25. The summed E-state index contributed by atoms with van der Waals surface area (Å²) >= 11 is 14.6. The highest BCUT2D eigenvalue weighted by Crippen LogP contribution is 2.51. The summed E-state index contributed by atoms with van der Waals surface area (Å²) in [5, 5.41) is 20.1. The van der Waals surface area contributed by atoms with Gasteiger partial charge in [-0.15, -0.1) is 0 Å². The SMILES string of the molecule is C=CC(=O)OCC(O)COc1ccc(C(C)(C)c2c(Br)c(Br)c(OCC(O)COC(=O)C=C)c(Br)c2Br)cc1. The van der Waals surface area contributed by atoms with E-state index in [0.29, 0.717) is 20.4 Å². The largest absolute Gasteiger partial charge is 0.491 e. The molecule has 0 saturated carbocycles. The van der Waals surface area contributed by atoms with Gasteiger partial charge < -0.3 is 29.2 Å². The second-order valence-corrected chi connectivity index (χ2v) is 11.9. The molecule has 12 heteroatoms. The summed E-state index contributed by atoms with van der Waals surface area (Å²) in [6.45, 7) is 10.2. The van der Waals surface area contributed by atoms with Crippen LogP contribution in [0.25, 0.3) is 0 Å². The van der Waals surface area contributed by atoms with Gasteiger partial charge in [0.1, 0.15) is 50.1 Å². The van der Waals surface area contributed by atoms with Crippen molar-refractivity contribution in [1.82, 2.24) is 0 Å². The van der Waals surface area contributed by atoms with Crippen LogP contribution in [0.5, 0.6) is 11.5 Å². The average molecular weight is 800 g/mol. The van der Waals surface area contributed by atoms with Crippen LogP contribution in [0, 0.1) is 0 Å². The molecule has 2 aromatic carbocycles. The predicted molar refractivity (Wildman–Crippen MR) is 161 cm³/mol. The Hall–Kier alpha value is -1.70. The summed E-state index contributed by atoms with van der Waals surface area (Å²) in [7, 11) is 0. The zero-order valence-corrected chi connectivity index (χ0v) is 27.6. The van der Waals surface area contributed by atoms with Crippen molar-refractivity contribution in [3.8, 4) is 11.5 Å². The first-order valence-electron chi connectivity index (χ1n) is 11.5. The van der Waals surface area contributed by atoms with Crippen molar-refractivity contribution in [3.05, 3.63) is 78.6 Å². The highest BCUT2D eigenvalue weighted by atomic mass is 79.9. The van der Waals surface area contributed by atoms with E-state index in [-0.39, 0.29) is 26.4 Å². The molecule has 0 aromatic heterocycles. The lowest BCUT2D eigenvalue weighted by atomic mass is 9.78. The summed E-state index contributed by atoms with van der Waals surface area (Å²) in [6, 6.07) is 7.43. The lowest BCUT2D eigenvalue weighted by molar-refractivity contribution is -0.142. The summed E-state index contributed by atoms with van der Waals surface area (Å²) in [5.41, 5.74) is 1.39. The Kier molecular flexibility index (Phi) is 13.2. The van der Waals surface area contributed by atoms with E-state index in [2.05, 4.69) is 90.7 Å². The smallest absolute Gasteiger partial charge is 0.330 e. The van der Waals surface area contributed by atoms with Gasteiger partial charge in [0.25, 0.3) is 0 Å². The van der Waals surface area contributed by atoms with Gasteiger partial charge in [-0.25, -0.2) is 9.59 Å². The fourth-order valence-electron chi connectivity index (χ4n) is 3.34. The van der Waals surface area contributed by atoms with Crippen LogP contribution in [0.2, 0.25) is 0 Å².